The van der Waals surface area contributed by atoms with Gasteiger partial charge in [0.25, 0.3) is 0 Å². The maximum atomic E-state index is 6.34. The monoisotopic (exact) mass is 297 g/mol. The Balaban J connectivity index is 2.05. The summed E-state index contributed by atoms with van der Waals surface area (Å²) in [5.74, 6) is 2.07. The Morgan fingerprint density at radius 1 is 1.35 bits per heavy atom. The standard InChI is InChI=1S/C16H24ClNO2/c1-11(2)18-9-13-7-14(17)16(15(8-13)19-3)20-10-12-5-4-6-12/h7-8,11-12,18H,4-6,9-10H2,1-3H3. The molecule has 0 atom stereocenters. The summed E-state index contributed by atoms with van der Waals surface area (Å²) >= 11 is 6.34. The third kappa shape index (κ3) is 4.03. The number of rotatable bonds is 7. The molecule has 0 bridgehead atoms. The van der Waals surface area contributed by atoms with Gasteiger partial charge in [-0.2, -0.15) is 0 Å². The van der Waals surface area contributed by atoms with E-state index in [0.717, 1.165) is 24.5 Å². The minimum absolute atomic E-state index is 0.439. The maximum absolute atomic E-state index is 6.34. The summed E-state index contributed by atoms with van der Waals surface area (Å²) in [7, 11) is 1.65. The van der Waals surface area contributed by atoms with Gasteiger partial charge in [0.1, 0.15) is 0 Å². The van der Waals surface area contributed by atoms with Crippen LogP contribution in [0.5, 0.6) is 11.5 Å². The highest BCUT2D eigenvalue weighted by Crippen LogP contribution is 2.38. The largest absolute Gasteiger partial charge is 0.493 e. The van der Waals surface area contributed by atoms with Gasteiger partial charge in [0.15, 0.2) is 11.5 Å². The van der Waals surface area contributed by atoms with Crippen molar-refractivity contribution in [3.63, 3.8) is 0 Å². The van der Waals surface area contributed by atoms with Crippen molar-refractivity contribution in [2.24, 2.45) is 5.92 Å². The van der Waals surface area contributed by atoms with Crippen molar-refractivity contribution in [2.75, 3.05) is 13.7 Å². The summed E-state index contributed by atoms with van der Waals surface area (Å²) in [6.45, 7) is 5.75. The quantitative estimate of drug-likeness (QED) is 0.824. The first-order valence-electron chi connectivity index (χ1n) is 7.32. The fourth-order valence-corrected chi connectivity index (χ4v) is 2.49. The van der Waals surface area contributed by atoms with Crippen LogP contribution in [-0.2, 0) is 6.54 Å². The summed E-state index contributed by atoms with van der Waals surface area (Å²) in [6, 6.07) is 4.39. The van der Waals surface area contributed by atoms with Gasteiger partial charge >= 0.3 is 0 Å². The summed E-state index contributed by atoms with van der Waals surface area (Å²) in [6.07, 6.45) is 3.84. The first kappa shape index (κ1) is 15.5. The molecule has 0 spiro atoms. The van der Waals surface area contributed by atoms with Crippen LogP contribution in [0.2, 0.25) is 5.02 Å². The van der Waals surface area contributed by atoms with E-state index in [1.807, 2.05) is 12.1 Å². The summed E-state index contributed by atoms with van der Waals surface area (Å²) < 4.78 is 11.3. The van der Waals surface area contributed by atoms with Crippen LogP contribution in [-0.4, -0.2) is 19.8 Å². The van der Waals surface area contributed by atoms with Crippen LogP contribution >= 0.6 is 11.6 Å². The molecule has 1 saturated carbocycles. The van der Waals surface area contributed by atoms with Gasteiger partial charge in [0, 0.05) is 12.6 Å². The molecule has 0 aliphatic heterocycles. The van der Waals surface area contributed by atoms with E-state index in [0.29, 0.717) is 22.7 Å². The first-order chi connectivity index (χ1) is 9.60. The number of methoxy groups -OCH3 is 1. The zero-order valence-electron chi connectivity index (χ0n) is 12.5. The lowest BCUT2D eigenvalue weighted by Crippen LogP contribution is -2.22. The van der Waals surface area contributed by atoms with E-state index in [1.54, 1.807) is 7.11 Å². The molecule has 112 valence electrons. The van der Waals surface area contributed by atoms with Crippen molar-refractivity contribution in [1.82, 2.24) is 5.32 Å². The van der Waals surface area contributed by atoms with Gasteiger partial charge in [-0.05, 0) is 36.5 Å². The second kappa shape index (κ2) is 7.19. The second-order valence-corrected chi connectivity index (χ2v) is 6.16. The molecule has 0 aromatic heterocycles. The van der Waals surface area contributed by atoms with E-state index >= 15 is 0 Å². The van der Waals surface area contributed by atoms with E-state index in [1.165, 1.54) is 19.3 Å². The number of benzene rings is 1. The van der Waals surface area contributed by atoms with Gasteiger partial charge in [-0.1, -0.05) is 31.9 Å². The molecule has 20 heavy (non-hydrogen) atoms. The lowest BCUT2D eigenvalue weighted by Gasteiger charge is -2.26. The van der Waals surface area contributed by atoms with E-state index < -0.39 is 0 Å². The number of halogens is 1. The minimum atomic E-state index is 0.439. The van der Waals surface area contributed by atoms with Crippen LogP contribution in [0, 0.1) is 5.92 Å². The van der Waals surface area contributed by atoms with Crippen LogP contribution in [0.15, 0.2) is 12.1 Å². The Bertz CT molecular complexity index is 444. The fourth-order valence-electron chi connectivity index (χ4n) is 2.20. The summed E-state index contributed by atoms with van der Waals surface area (Å²) in [5, 5.41) is 4.00. The molecule has 4 heteroatoms. The molecular weight excluding hydrogens is 274 g/mol. The van der Waals surface area contributed by atoms with Crippen molar-refractivity contribution in [2.45, 2.75) is 45.7 Å². The lowest BCUT2D eigenvalue weighted by molar-refractivity contribution is 0.176. The van der Waals surface area contributed by atoms with Gasteiger partial charge in [0.05, 0.1) is 18.7 Å². The Morgan fingerprint density at radius 2 is 2.10 bits per heavy atom. The summed E-state index contributed by atoms with van der Waals surface area (Å²) in [5.41, 5.74) is 1.11. The van der Waals surface area contributed by atoms with Crippen molar-refractivity contribution >= 4 is 11.6 Å². The zero-order chi connectivity index (χ0) is 14.5. The average molecular weight is 298 g/mol. The fraction of sp³-hybridized carbons (Fsp3) is 0.625. The van der Waals surface area contributed by atoms with Gasteiger partial charge in [-0.25, -0.2) is 0 Å². The Hall–Kier alpha value is -0.930. The predicted octanol–water partition coefficient (Wildman–Crippen LogP) is 4.03. The van der Waals surface area contributed by atoms with Crippen LogP contribution in [0.1, 0.15) is 38.7 Å². The molecular formula is C16H24ClNO2. The van der Waals surface area contributed by atoms with Crippen molar-refractivity contribution in [3.05, 3.63) is 22.7 Å². The normalized spacial score (nSPS) is 15.2. The van der Waals surface area contributed by atoms with E-state index in [-0.39, 0.29) is 0 Å². The molecule has 0 amide bonds. The number of hydrogen-bond donors (Lipinski definition) is 1. The molecule has 0 heterocycles. The van der Waals surface area contributed by atoms with Crippen molar-refractivity contribution in [3.8, 4) is 11.5 Å². The lowest BCUT2D eigenvalue weighted by atomic mass is 9.86. The first-order valence-corrected chi connectivity index (χ1v) is 7.70. The number of nitrogens with one attached hydrogen (secondary N) is 1. The highest BCUT2D eigenvalue weighted by molar-refractivity contribution is 6.32. The number of ether oxygens (including phenoxy) is 2. The second-order valence-electron chi connectivity index (χ2n) is 5.75. The molecule has 2 rings (SSSR count). The third-order valence-corrected chi connectivity index (χ3v) is 3.97. The predicted molar refractivity (Wildman–Crippen MR) is 82.8 cm³/mol. The van der Waals surface area contributed by atoms with Crippen LogP contribution in [0.25, 0.3) is 0 Å². The van der Waals surface area contributed by atoms with Crippen molar-refractivity contribution in [1.29, 1.82) is 0 Å². The molecule has 3 nitrogen and oxygen atoms in total. The Labute approximate surface area is 126 Å². The summed E-state index contributed by atoms with van der Waals surface area (Å²) in [4.78, 5) is 0. The Morgan fingerprint density at radius 3 is 2.65 bits per heavy atom. The maximum Gasteiger partial charge on any atom is 0.179 e. The topological polar surface area (TPSA) is 30.5 Å². The van der Waals surface area contributed by atoms with Crippen LogP contribution < -0.4 is 14.8 Å². The third-order valence-electron chi connectivity index (χ3n) is 3.69. The average Bonchev–Trinajstić information content (AvgIpc) is 2.36. The van der Waals surface area contributed by atoms with E-state index in [4.69, 9.17) is 21.1 Å². The SMILES string of the molecule is COc1cc(CNC(C)C)cc(Cl)c1OCC1CCC1. The van der Waals surface area contributed by atoms with Crippen molar-refractivity contribution < 1.29 is 9.47 Å². The molecule has 0 unspecified atom stereocenters. The molecule has 1 fully saturated rings. The molecule has 1 aromatic carbocycles. The molecule has 1 aromatic rings. The zero-order valence-corrected chi connectivity index (χ0v) is 13.3. The number of hydrogen-bond acceptors (Lipinski definition) is 3. The highest BCUT2D eigenvalue weighted by atomic mass is 35.5. The molecule has 1 N–H and O–H groups in total. The Kier molecular flexibility index (Phi) is 5.55. The van der Waals surface area contributed by atoms with E-state index in [2.05, 4.69) is 19.2 Å². The minimum Gasteiger partial charge on any atom is -0.493 e. The molecule has 1 aliphatic rings. The van der Waals surface area contributed by atoms with Gasteiger partial charge in [-0.3, -0.25) is 0 Å². The van der Waals surface area contributed by atoms with E-state index in [9.17, 15) is 0 Å². The van der Waals surface area contributed by atoms with Crippen LogP contribution in [0.3, 0.4) is 0 Å². The van der Waals surface area contributed by atoms with Crippen LogP contribution in [0.4, 0.5) is 0 Å². The highest BCUT2D eigenvalue weighted by Gasteiger charge is 2.20. The molecule has 0 saturated heterocycles. The smallest absolute Gasteiger partial charge is 0.179 e. The van der Waals surface area contributed by atoms with Gasteiger partial charge in [0.2, 0.25) is 0 Å². The van der Waals surface area contributed by atoms with Gasteiger partial charge < -0.3 is 14.8 Å². The van der Waals surface area contributed by atoms with Gasteiger partial charge in [-0.15, -0.1) is 0 Å². The molecule has 0 radical (unpaired) electrons. The molecule has 1 aliphatic carbocycles.